The number of amides is 1. The molecule has 1 heterocycles. The molecule has 0 aliphatic rings. The van der Waals surface area contributed by atoms with Gasteiger partial charge in [0, 0.05) is 30.1 Å². The molecule has 15 heavy (non-hydrogen) atoms. The molecule has 0 spiro atoms. The van der Waals surface area contributed by atoms with E-state index >= 15 is 0 Å². The van der Waals surface area contributed by atoms with Crippen molar-refractivity contribution in [2.45, 2.75) is 32.9 Å². The van der Waals surface area contributed by atoms with E-state index in [-0.39, 0.29) is 23.4 Å². The quantitative estimate of drug-likeness (QED) is 0.780. The molecule has 0 unspecified atom stereocenters. The van der Waals surface area contributed by atoms with Crippen LogP contribution in [0.25, 0.3) is 0 Å². The maximum absolute atomic E-state index is 11.5. The summed E-state index contributed by atoms with van der Waals surface area (Å²) in [5, 5.41) is 2.84. The van der Waals surface area contributed by atoms with Crippen molar-refractivity contribution in [1.82, 2.24) is 9.88 Å². The molecule has 0 aliphatic carbocycles. The largest absolute Gasteiger partial charge is 0.350 e. The van der Waals surface area contributed by atoms with Crippen LogP contribution in [0.15, 0.2) is 29.3 Å². The number of nitrogens with one attached hydrogen (secondary N) is 1. The first-order chi connectivity index (χ1) is 6.87. The molecule has 4 heteroatoms. The maximum Gasteiger partial charge on any atom is 0.240 e. The van der Waals surface area contributed by atoms with Crippen LogP contribution in [0.3, 0.4) is 0 Å². The second-order valence-corrected chi connectivity index (χ2v) is 4.50. The molecular formula is C11H16N2O2. The summed E-state index contributed by atoms with van der Waals surface area (Å²) >= 11 is 0. The standard InChI is InChI=1S/C11H16N2O2/c1-11(2,3)12-10(15)8-13-6-4-9(14)5-7-13/h4-7H,8H2,1-3H3,(H,12,15). The van der Waals surface area contributed by atoms with E-state index in [1.54, 1.807) is 17.0 Å². The van der Waals surface area contributed by atoms with Gasteiger partial charge in [-0.1, -0.05) is 0 Å². The first-order valence-corrected chi connectivity index (χ1v) is 4.84. The Balaban J connectivity index is 2.59. The summed E-state index contributed by atoms with van der Waals surface area (Å²) in [4.78, 5) is 22.3. The van der Waals surface area contributed by atoms with Gasteiger partial charge in [0.1, 0.15) is 6.54 Å². The first-order valence-electron chi connectivity index (χ1n) is 4.84. The average molecular weight is 208 g/mol. The molecule has 0 saturated carbocycles. The minimum Gasteiger partial charge on any atom is -0.350 e. The monoisotopic (exact) mass is 208 g/mol. The number of nitrogens with zero attached hydrogens (tertiary/aromatic N) is 1. The number of hydrogen-bond acceptors (Lipinski definition) is 2. The predicted molar refractivity (Wildman–Crippen MR) is 58.6 cm³/mol. The Labute approximate surface area is 88.9 Å². The van der Waals surface area contributed by atoms with Crippen molar-refractivity contribution in [2.24, 2.45) is 0 Å². The number of carbonyl (C=O) groups excluding carboxylic acids is 1. The van der Waals surface area contributed by atoms with Gasteiger partial charge < -0.3 is 9.88 Å². The summed E-state index contributed by atoms with van der Waals surface area (Å²) in [5.74, 6) is -0.0638. The molecule has 1 aromatic rings. The molecule has 0 saturated heterocycles. The Kier molecular flexibility index (Phi) is 3.29. The third-order valence-electron chi connectivity index (χ3n) is 1.70. The van der Waals surface area contributed by atoms with Crippen molar-refractivity contribution in [3.8, 4) is 0 Å². The van der Waals surface area contributed by atoms with Crippen molar-refractivity contribution < 1.29 is 4.79 Å². The van der Waals surface area contributed by atoms with E-state index in [1.807, 2.05) is 20.8 Å². The summed E-state index contributed by atoms with van der Waals surface area (Å²) in [6.45, 7) is 6.01. The molecule has 1 amide bonds. The summed E-state index contributed by atoms with van der Waals surface area (Å²) in [6.07, 6.45) is 3.20. The third-order valence-corrected chi connectivity index (χ3v) is 1.70. The Hall–Kier alpha value is -1.58. The van der Waals surface area contributed by atoms with Crippen LogP contribution in [0.1, 0.15) is 20.8 Å². The Morgan fingerprint density at radius 1 is 1.33 bits per heavy atom. The Morgan fingerprint density at radius 2 is 1.87 bits per heavy atom. The van der Waals surface area contributed by atoms with Crippen LogP contribution in [0.2, 0.25) is 0 Å². The van der Waals surface area contributed by atoms with Crippen LogP contribution < -0.4 is 10.7 Å². The van der Waals surface area contributed by atoms with E-state index in [0.29, 0.717) is 0 Å². The zero-order valence-corrected chi connectivity index (χ0v) is 9.28. The first kappa shape index (κ1) is 11.5. The van der Waals surface area contributed by atoms with Gasteiger partial charge in [-0.2, -0.15) is 0 Å². The number of carbonyl (C=O) groups is 1. The number of aromatic nitrogens is 1. The molecule has 1 rings (SSSR count). The maximum atomic E-state index is 11.5. The smallest absolute Gasteiger partial charge is 0.240 e. The van der Waals surface area contributed by atoms with Gasteiger partial charge in [0.25, 0.3) is 0 Å². The highest BCUT2D eigenvalue weighted by atomic mass is 16.2. The van der Waals surface area contributed by atoms with Gasteiger partial charge in [-0.25, -0.2) is 0 Å². The zero-order valence-electron chi connectivity index (χ0n) is 9.28. The van der Waals surface area contributed by atoms with Crippen LogP contribution in [0.4, 0.5) is 0 Å². The van der Waals surface area contributed by atoms with E-state index in [1.165, 1.54) is 12.1 Å². The van der Waals surface area contributed by atoms with E-state index in [0.717, 1.165) is 0 Å². The van der Waals surface area contributed by atoms with Crippen LogP contribution in [0, 0.1) is 0 Å². The molecular weight excluding hydrogens is 192 g/mol. The number of hydrogen-bond donors (Lipinski definition) is 1. The number of rotatable bonds is 2. The average Bonchev–Trinajstić information content (AvgIpc) is 2.05. The second kappa shape index (κ2) is 4.29. The minimum atomic E-state index is -0.226. The molecule has 0 atom stereocenters. The lowest BCUT2D eigenvalue weighted by Crippen LogP contribution is -2.42. The topological polar surface area (TPSA) is 51.1 Å². The highest BCUT2D eigenvalue weighted by Crippen LogP contribution is 1.98. The zero-order chi connectivity index (χ0) is 11.5. The van der Waals surface area contributed by atoms with Crippen molar-refractivity contribution in [1.29, 1.82) is 0 Å². The van der Waals surface area contributed by atoms with Crippen molar-refractivity contribution in [3.05, 3.63) is 34.7 Å². The fourth-order valence-corrected chi connectivity index (χ4v) is 1.17. The van der Waals surface area contributed by atoms with Gasteiger partial charge in [-0.15, -0.1) is 0 Å². The molecule has 0 radical (unpaired) electrons. The molecule has 4 nitrogen and oxygen atoms in total. The van der Waals surface area contributed by atoms with E-state index < -0.39 is 0 Å². The third kappa shape index (κ3) is 4.44. The molecule has 1 aromatic heterocycles. The molecule has 0 aromatic carbocycles. The fraction of sp³-hybridized carbons (Fsp3) is 0.455. The van der Waals surface area contributed by atoms with Gasteiger partial charge in [0.2, 0.25) is 5.91 Å². The normalized spacial score (nSPS) is 11.1. The lowest BCUT2D eigenvalue weighted by molar-refractivity contribution is -0.123. The van der Waals surface area contributed by atoms with Crippen LogP contribution in [0.5, 0.6) is 0 Å². The highest BCUT2D eigenvalue weighted by molar-refractivity contribution is 5.76. The summed E-state index contributed by atoms with van der Waals surface area (Å²) in [7, 11) is 0. The van der Waals surface area contributed by atoms with Crippen LogP contribution in [-0.4, -0.2) is 16.0 Å². The number of pyridine rings is 1. The Morgan fingerprint density at radius 3 is 2.33 bits per heavy atom. The van der Waals surface area contributed by atoms with Crippen LogP contribution in [-0.2, 0) is 11.3 Å². The van der Waals surface area contributed by atoms with Gasteiger partial charge >= 0.3 is 0 Å². The fourth-order valence-electron chi connectivity index (χ4n) is 1.17. The van der Waals surface area contributed by atoms with E-state index in [9.17, 15) is 9.59 Å². The molecule has 1 N–H and O–H groups in total. The summed E-state index contributed by atoms with van der Waals surface area (Å²) < 4.78 is 1.67. The van der Waals surface area contributed by atoms with Gasteiger partial charge in [-0.3, -0.25) is 9.59 Å². The van der Waals surface area contributed by atoms with Crippen molar-refractivity contribution in [3.63, 3.8) is 0 Å². The van der Waals surface area contributed by atoms with E-state index in [2.05, 4.69) is 5.32 Å². The Bertz CT molecular complexity index is 381. The molecule has 0 aliphatic heterocycles. The second-order valence-electron chi connectivity index (χ2n) is 4.50. The lowest BCUT2D eigenvalue weighted by Gasteiger charge is -2.20. The van der Waals surface area contributed by atoms with Gasteiger partial charge in [0.15, 0.2) is 5.43 Å². The molecule has 0 bridgehead atoms. The molecule has 0 fully saturated rings. The van der Waals surface area contributed by atoms with Crippen LogP contribution >= 0.6 is 0 Å². The van der Waals surface area contributed by atoms with E-state index in [4.69, 9.17) is 0 Å². The SMILES string of the molecule is CC(C)(C)NC(=O)Cn1ccc(=O)cc1. The summed E-state index contributed by atoms with van der Waals surface area (Å²) in [6, 6.07) is 2.87. The van der Waals surface area contributed by atoms with Gasteiger partial charge in [0.05, 0.1) is 0 Å². The predicted octanol–water partition coefficient (Wildman–Crippen LogP) is 0.763. The highest BCUT2D eigenvalue weighted by Gasteiger charge is 2.13. The van der Waals surface area contributed by atoms with Crippen molar-refractivity contribution >= 4 is 5.91 Å². The summed E-state index contributed by atoms with van der Waals surface area (Å²) in [5.41, 5.74) is -0.279. The van der Waals surface area contributed by atoms with Gasteiger partial charge in [-0.05, 0) is 20.8 Å². The molecule has 82 valence electrons. The lowest BCUT2D eigenvalue weighted by atomic mass is 10.1. The van der Waals surface area contributed by atoms with Crippen molar-refractivity contribution in [2.75, 3.05) is 0 Å². The minimum absolute atomic E-state index is 0.0533.